The first-order chi connectivity index (χ1) is 10.5. The Morgan fingerprint density at radius 2 is 1.86 bits per heavy atom. The molecule has 0 atom stereocenters. The van der Waals surface area contributed by atoms with Crippen molar-refractivity contribution in [1.29, 1.82) is 0 Å². The molecule has 0 saturated heterocycles. The molecule has 0 unspecified atom stereocenters. The Kier molecular flexibility index (Phi) is 4.85. The maximum atomic E-state index is 13.6. The number of benzene rings is 2. The fourth-order valence-corrected chi connectivity index (χ4v) is 1.88. The Morgan fingerprint density at radius 1 is 1.14 bits per heavy atom. The molecule has 0 aromatic heterocycles. The molecule has 2 amide bonds. The predicted octanol–water partition coefficient (Wildman–Crippen LogP) is 2.28. The van der Waals surface area contributed by atoms with E-state index in [2.05, 4.69) is 10.6 Å². The summed E-state index contributed by atoms with van der Waals surface area (Å²) in [6, 6.07) is 10.8. The van der Waals surface area contributed by atoms with Gasteiger partial charge in [-0.05, 0) is 36.8 Å². The molecule has 0 aliphatic heterocycles. The van der Waals surface area contributed by atoms with Crippen molar-refractivity contribution in [2.45, 2.75) is 6.92 Å². The third-order valence-electron chi connectivity index (χ3n) is 3.07. The Hall–Kier alpha value is -2.73. The Morgan fingerprint density at radius 3 is 2.55 bits per heavy atom. The number of aryl methyl sites for hydroxylation is 1. The van der Waals surface area contributed by atoms with Crippen LogP contribution in [0, 0.1) is 12.7 Å². The fraction of sp³-hybridized carbons (Fsp3) is 0.125. The lowest BCUT2D eigenvalue weighted by atomic mass is 10.1. The third kappa shape index (κ3) is 3.67. The molecule has 6 heteroatoms. The van der Waals surface area contributed by atoms with Gasteiger partial charge in [0.2, 0.25) is 5.91 Å². The lowest BCUT2D eigenvalue weighted by Gasteiger charge is -2.11. The Bertz CT molecular complexity index is 716. The van der Waals surface area contributed by atoms with Crippen LogP contribution in [-0.4, -0.2) is 18.4 Å². The first-order valence-corrected chi connectivity index (χ1v) is 6.67. The number of nitrogens with one attached hydrogen (secondary N) is 2. The summed E-state index contributed by atoms with van der Waals surface area (Å²) in [7, 11) is 0. The van der Waals surface area contributed by atoms with Gasteiger partial charge in [-0.25, -0.2) is 4.39 Å². The van der Waals surface area contributed by atoms with E-state index in [4.69, 9.17) is 5.73 Å². The average Bonchev–Trinajstić information content (AvgIpc) is 2.50. The van der Waals surface area contributed by atoms with Crippen molar-refractivity contribution >= 4 is 23.2 Å². The van der Waals surface area contributed by atoms with Crippen molar-refractivity contribution < 1.29 is 14.0 Å². The Balaban J connectivity index is 2.22. The lowest BCUT2D eigenvalue weighted by molar-refractivity contribution is -0.114. The Labute approximate surface area is 127 Å². The molecule has 4 N–H and O–H groups in total. The summed E-state index contributed by atoms with van der Waals surface area (Å²) in [5.41, 5.74) is 6.98. The van der Waals surface area contributed by atoms with Crippen molar-refractivity contribution in [2.24, 2.45) is 5.73 Å². The van der Waals surface area contributed by atoms with Gasteiger partial charge < -0.3 is 16.4 Å². The maximum absolute atomic E-state index is 13.6. The second-order valence-electron chi connectivity index (χ2n) is 4.72. The molecule has 0 aliphatic rings. The van der Waals surface area contributed by atoms with Crippen molar-refractivity contribution in [1.82, 2.24) is 0 Å². The normalized spacial score (nSPS) is 10.1. The van der Waals surface area contributed by atoms with Crippen molar-refractivity contribution in [3.8, 4) is 0 Å². The van der Waals surface area contributed by atoms with E-state index in [1.54, 1.807) is 31.2 Å². The molecule has 2 aromatic rings. The molecule has 0 aliphatic carbocycles. The fourth-order valence-electron chi connectivity index (χ4n) is 1.88. The molecule has 0 heterocycles. The molecular weight excluding hydrogens is 285 g/mol. The molecule has 22 heavy (non-hydrogen) atoms. The van der Waals surface area contributed by atoms with Crippen LogP contribution in [0.2, 0.25) is 0 Å². The molecule has 0 bridgehead atoms. The van der Waals surface area contributed by atoms with Gasteiger partial charge in [-0.2, -0.15) is 0 Å². The van der Waals surface area contributed by atoms with Gasteiger partial charge in [0, 0.05) is 11.4 Å². The highest BCUT2D eigenvalue weighted by molar-refractivity contribution is 6.05. The minimum Gasteiger partial charge on any atom is -0.325 e. The van der Waals surface area contributed by atoms with E-state index in [0.717, 1.165) is 5.56 Å². The first kappa shape index (κ1) is 15.7. The van der Waals surface area contributed by atoms with E-state index in [9.17, 15) is 14.0 Å². The second kappa shape index (κ2) is 6.82. The van der Waals surface area contributed by atoms with Gasteiger partial charge in [0.25, 0.3) is 5.91 Å². The summed E-state index contributed by atoms with van der Waals surface area (Å²) in [6.45, 7) is 1.66. The van der Waals surface area contributed by atoms with E-state index in [1.165, 1.54) is 18.2 Å². The highest BCUT2D eigenvalue weighted by atomic mass is 19.1. The first-order valence-electron chi connectivity index (χ1n) is 6.67. The van der Waals surface area contributed by atoms with Crippen LogP contribution >= 0.6 is 0 Å². The number of nitrogens with two attached hydrogens (primary N) is 1. The van der Waals surface area contributed by atoms with E-state index >= 15 is 0 Å². The summed E-state index contributed by atoms with van der Waals surface area (Å²) >= 11 is 0. The topological polar surface area (TPSA) is 84.2 Å². The summed E-state index contributed by atoms with van der Waals surface area (Å²) in [6.07, 6.45) is 0. The molecular formula is C16H16FN3O2. The van der Waals surface area contributed by atoms with Gasteiger partial charge in [0.1, 0.15) is 5.82 Å². The number of hydrogen-bond donors (Lipinski definition) is 3. The van der Waals surface area contributed by atoms with Crippen LogP contribution in [0.25, 0.3) is 0 Å². The highest BCUT2D eigenvalue weighted by Crippen LogP contribution is 2.21. The summed E-state index contributed by atoms with van der Waals surface area (Å²) < 4.78 is 13.6. The maximum Gasteiger partial charge on any atom is 0.258 e. The number of rotatable bonds is 4. The van der Waals surface area contributed by atoms with Crippen molar-refractivity contribution in [3.63, 3.8) is 0 Å². The van der Waals surface area contributed by atoms with Gasteiger partial charge >= 0.3 is 0 Å². The SMILES string of the molecule is Cc1ccc(NC(=O)CN)cc1NC(=O)c1ccccc1F. The summed E-state index contributed by atoms with van der Waals surface area (Å²) in [5, 5.41) is 5.23. The molecule has 0 spiro atoms. The number of amides is 2. The zero-order valence-electron chi connectivity index (χ0n) is 12.0. The summed E-state index contributed by atoms with van der Waals surface area (Å²) in [5.74, 6) is -1.48. The second-order valence-corrected chi connectivity index (χ2v) is 4.72. The molecule has 5 nitrogen and oxygen atoms in total. The third-order valence-corrected chi connectivity index (χ3v) is 3.07. The van der Waals surface area contributed by atoms with E-state index < -0.39 is 11.7 Å². The molecule has 2 aromatic carbocycles. The summed E-state index contributed by atoms with van der Waals surface area (Å²) in [4.78, 5) is 23.4. The largest absolute Gasteiger partial charge is 0.325 e. The van der Waals surface area contributed by atoms with Crippen molar-refractivity contribution in [3.05, 3.63) is 59.4 Å². The quantitative estimate of drug-likeness (QED) is 0.810. The molecule has 114 valence electrons. The van der Waals surface area contributed by atoms with Crippen LogP contribution in [0.1, 0.15) is 15.9 Å². The number of carbonyl (C=O) groups is 2. The van der Waals surface area contributed by atoms with Crippen molar-refractivity contribution in [2.75, 3.05) is 17.2 Å². The van der Waals surface area contributed by atoms with Crippen LogP contribution in [0.4, 0.5) is 15.8 Å². The highest BCUT2D eigenvalue weighted by Gasteiger charge is 2.12. The van der Waals surface area contributed by atoms with E-state index in [-0.39, 0.29) is 18.0 Å². The average molecular weight is 301 g/mol. The van der Waals surface area contributed by atoms with Crippen LogP contribution in [0.3, 0.4) is 0 Å². The van der Waals surface area contributed by atoms with Gasteiger partial charge in [-0.1, -0.05) is 18.2 Å². The van der Waals surface area contributed by atoms with Crippen LogP contribution < -0.4 is 16.4 Å². The zero-order chi connectivity index (χ0) is 16.1. The van der Waals surface area contributed by atoms with Gasteiger partial charge in [-0.15, -0.1) is 0 Å². The van der Waals surface area contributed by atoms with Gasteiger partial charge in [0.15, 0.2) is 0 Å². The predicted molar refractivity (Wildman–Crippen MR) is 83.2 cm³/mol. The number of anilines is 2. The molecule has 0 saturated carbocycles. The molecule has 2 rings (SSSR count). The van der Waals surface area contributed by atoms with E-state index in [0.29, 0.717) is 11.4 Å². The number of hydrogen-bond acceptors (Lipinski definition) is 3. The standard InChI is InChI=1S/C16H16FN3O2/c1-10-6-7-11(19-15(21)9-18)8-14(10)20-16(22)12-4-2-3-5-13(12)17/h2-8H,9,18H2,1H3,(H,19,21)(H,20,22). The smallest absolute Gasteiger partial charge is 0.258 e. The number of halogens is 1. The minimum atomic E-state index is -0.592. The molecule has 0 radical (unpaired) electrons. The van der Waals surface area contributed by atoms with Crippen LogP contribution in [0.15, 0.2) is 42.5 Å². The van der Waals surface area contributed by atoms with Gasteiger partial charge in [-0.3, -0.25) is 9.59 Å². The monoisotopic (exact) mass is 301 g/mol. The lowest BCUT2D eigenvalue weighted by Crippen LogP contribution is -2.22. The van der Waals surface area contributed by atoms with E-state index in [1.807, 2.05) is 0 Å². The number of carbonyl (C=O) groups excluding carboxylic acids is 2. The van der Waals surface area contributed by atoms with Gasteiger partial charge in [0.05, 0.1) is 12.1 Å². The molecule has 0 fully saturated rings. The zero-order valence-corrected chi connectivity index (χ0v) is 12.0. The minimum absolute atomic E-state index is 0.0432. The van der Waals surface area contributed by atoms with Crippen LogP contribution in [-0.2, 0) is 4.79 Å². The van der Waals surface area contributed by atoms with Crippen LogP contribution in [0.5, 0.6) is 0 Å².